The van der Waals surface area contributed by atoms with E-state index in [1.54, 1.807) is 13.2 Å². The summed E-state index contributed by atoms with van der Waals surface area (Å²) < 4.78 is 5.46. The highest BCUT2D eigenvalue weighted by molar-refractivity contribution is 6.42. The first-order valence-electron chi connectivity index (χ1n) is 6.05. The van der Waals surface area contributed by atoms with Crippen LogP contribution >= 0.6 is 23.2 Å². The molecule has 0 saturated heterocycles. The quantitative estimate of drug-likeness (QED) is 0.857. The van der Waals surface area contributed by atoms with Crippen molar-refractivity contribution in [3.63, 3.8) is 0 Å². The molecule has 0 spiro atoms. The fraction of sp³-hybridized carbons (Fsp3) is 0.571. The number of likely N-dealkylation sites (N-methyl/N-ethyl adjacent to an activating group) is 1. The highest BCUT2D eigenvalue weighted by Gasteiger charge is 2.22. The first kappa shape index (κ1) is 15.8. The lowest BCUT2D eigenvalue weighted by atomic mass is 9.94. The SMILES string of the molecule is CNC(Cc1cccc(Cl)c1Cl)CC(C)(C)OC. The Morgan fingerprint density at radius 1 is 1.33 bits per heavy atom. The molecule has 0 aliphatic carbocycles. The lowest BCUT2D eigenvalue weighted by Crippen LogP contribution is -2.37. The van der Waals surface area contributed by atoms with Crippen molar-refractivity contribution in [1.82, 2.24) is 5.32 Å². The van der Waals surface area contributed by atoms with E-state index in [0.717, 1.165) is 18.4 Å². The lowest BCUT2D eigenvalue weighted by molar-refractivity contribution is 0.00773. The van der Waals surface area contributed by atoms with Gasteiger partial charge >= 0.3 is 0 Å². The molecule has 0 amide bonds. The second kappa shape index (κ2) is 6.76. The van der Waals surface area contributed by atoms with Crippen LogP contribution in [-0.4, -0.2) is 25.8 Å². The summed E-state index contributed by atoms with van der Waals surface area (Å²) in [4.78, 5) is 0. The molecule has 102 valence electrons. The van der Waals surface area contributed by atoms with Crippen LogP contribution in [-0.2, 0) is 11.2 Å². The molecule has 1 unspecified atom stereocenters. The maximum atomic E-state index is 6.21. The molecule has 0 aliphatic rings. The van der Waals surface area contributed by atoms with Crippen LogP contribution in [0.3, 0.4) is 0 Å². The van der Waals surface area contributed by atoms with E-state index in [0.29, 0.717) is 16.1 Å². The van der Waals surface area contributed by atoms with Crippen LogP contribution in [0.15, 0.2) is 18.2 Å². The molecule has 0 heterocycles. The normalized spacial score (nSPS) is 13.7. The Labute approximate surface area is 120 Å². The summed E-state index contributed by atoms with van der Waals surface area (Å²) in [5.41, 5.74) is 0.911. The third-order valence-corrected chi connectivity index (χ3v) is 4.05. The van der Waals surface area contributed by atoms with Crippen LogP contribution in [0.2, 0.25) is 10.0 Å². The minimum atomic E-state index is -0.154. The van der Waals surface area contributed by atoms with Gasteiger partial charge in [0.25, 0.3) is 0 Å². The van der Waals surface area contributed by atoms with Gasteiger partial charge in [0.2, 0.25) is 0 Å². The third kappa shape index (κ3) is 4.43. The highest BCUT2D eigenvalue weighted by atomic mass is 35.5. The topological polar surface area (TPSA) is 21.3 Å². The number of ether oxygens (including phenoxy) is 1. The zero-order chi connectivity index (χ0) is 13.8. The minimum absolute atomic E-state index is 0.154. The predicted molar refractivity (Wildman–Crippen MR) is 78.7 cm³/mol. The van der Waals surface area contributed by atoms with Gasteiger partial charge in [-0.25, -0.2) is 0 Å². The Morgan fingerprint density at radius 2 is 2.00 bits per heavy atom. The van der Waals surface area contributed by atoms with Gasteiger partial charge in [-0.3, -0.25) is 0 Å². The Hall–Kier alpha value is -0.280. The number of hydrogen-bond donors (Lipinski definition) is 1. The van der Waals surface area contributed by atoms with E-state index in [1.165, 1.54) is 0 Å². The zero-order valence-corrected chi connectivity index (χ0v) is 12.9. The lowest BCUT2D eigenvalue weighted by Gasteiger charge is -2.28. The fourth-order valence-electron chi connectivity index (χ4n) is 1.92. The number of nitrogens with one attached hydrogen (secondary N) is 1. The van der Waals surface area contributed by atoms with Gasteiger partial charge in [-0.2, -0.15) is 0 Å². The van der Waals surface area contributed by atoms with Gasteiger partial charge in [0.15, 0.2) is 0 Å². The van der Waals surface area contributed by atoms with E-state index in [2.05, 4.69) is 19.2 Å². The second-order valence-electron chi connectivity index (χ2n) is 5.07. The molecule has 4 heteroatoms. The van der Waals surface area contributed by atoms with Crippen molar-refractivity contribution in [2.75, 3.05) is 14.2 Å². The van der Waals surface area contributed by atoms with E-state index in [9.17, 15) is 0 Å². The Balaban J connectivity index is 2.77. The van der Waals surface area contributed by atoms with E-state index >= 15 is 0 Å². The highest BCUT2D eigenvalue weighted by Crippen LogP contribution is 2.27. The summed E-state index contributed by atoms with van der Waals surface area (Å²) in [6.07, 6.45) is 1.74. The minimum Gasteiger partial charge on any atom is -0.379 e. The van der Waals surface area contributed by atoms with Crippen molar-refractivity contribution in [1.29, 1.82) is 0 Å². The van der Waals surface area contributed by atoms with Gasteiger partial charge in [0.05, 0.1) is 15.6 Å². The molecule has 1 rings (SSSR count). The largest absolute Gasteiger partial charge is 0.379 e. The van der Waals surface area contributed by atoms with E-state index in [1.807, 2.05) is 19.2 Å². The Morgan fingerprint density at radius 3 is 2.56 bits per heavy atom. The molecule has 0 saturated carbocycles. The maximum Gasteiger partial charge on any atom is 0.0637 e. The molecule has 18 heavy (non-hydrogen) atoms. The molecule has 2 nitrogen and oxygen atoms in total. The summed E-state index contributed by atoms with van der Waals surface area (Å²) in [7, 11) is 3.69. The molecule has 1 aromatic carbocycles. The first-order chi connectivity index (χ1) is 8.39. The van der Waals surface area contributed by atoms with Gasteiger partial charge in [0.1, 0.15) is 0 Å². The van der Waals surface area contributed by atoms with E-state index < -0.39 is 0 Å². The fourth-order valence-corrected chi connectivity index (χ4v) is 2.32. The summed E-state index contributed by atoms with van der Waals surface area (Å²) in [5.74, 6) is 0. The molecule has 1 atom stereocenters. The second-order valence-corrected chi connectivity index (χ2v) is 5.86. The van der Waals surface area contributed by atoms with E-state index in [4.69, 9.17) is 27.9 Å². The van der Waals surface area contributed by atoms with Crippen molar-refractivity contribution in [2.24, 2.45) is 0 Å². The third-order valence-electron chi connectivity index (χ3n) is 3.20. The van der Waals surface area contributed by atoms with Crippen LogP contribution < -0.4 is 5.32 Å². The Bertz CT molecular complexity index is 393. The standard InChI is InChI=1S/C14H21Cl2NO/c1-14(2,18-4)9-11(17-3)8-10-6-5-7-12(15)13(10)16/h5-7,11,17H,8-9H2,1-4H3. The van der Waals surface area contributed by atoms with Crippen molar-refractivity contribution in [3.05, 3.63) is 33.8 Å². The van der Waals surface area contributed by atoms with Crippen molar-refractivity contribution in [2.45, 2.75) is 38.3 Å². The predicted octanol–water partition coefficient (Wildman–Crippen LogP) is 3.94. The molecule has 1 N–H and O–H groups in total. The maximum absolute atomic E-state index is 6.21. The number of benzene rings is 1. The van der Waals surface area contributed by atoms with Crippen LogP contribution in [0, 0.1) is 0 Å². The zero-order valence-electron chi connectivity index (χ0n) is 11.4. The number of rotatable bonds is 6. The van der Waals surface area contributed by atoms with Crippen molar-refractivity contribution < 1.29 is 4.74 Å². The first-order valence-corrected chi connectivity index (χ1v) is 6.80. The van der Waals surface area contributed by atoms with Crippen LogP contribution in [0.1, 0.15) is 25.8 Å². The molecule has 0 aromatic heterocycles. The summed E-state index contributed by atoms with van der Waals surface area (Å²) in [6, 6.07) is 6.05. The van der Waals surface area contributed by atoms with Crippen molar-refractivity contribution >= 4 is 23.2 Å². The molecule has 0 radical (unpaired) electrons. The summed E-state index contributed by atoms with van der Waals surface area (Å²) >= 11 is 12.2. The van der Waals surface area contributed by atoms with Gasteiger partial charge < -0.3 is 10.1 Å². The molecule has 0 fully saturated rings. The number of halogens is 2. The molecule has 0 aliphatic heterocycles. The van der Waals surface area contributed by atoms with Crippen LogP contribution in [0.4, 0.5) is 0 Å². The monoisotopic (exact) mass is 289 g/mol. The average molecular weight is 290 g/mol. The molecular weight excluding hydrogens is 269 g/mol. The van der Waals surface area contributed by atoms with Crippen molar-refractivity contribution in [3.8, 4) is 0 Å². The van der Waals surface area contributed by atoms with Gasteiger partial charge in [-0.1, -0.05) is 35.3 Å². The van der Waals surface area contributed by atoms with Crippen LogP contribution in [0.5, 0.6) is 0 Å². The van der Waals surface area contributed by atoms with Gasteiger partial charge in [-0.15, -0.1) is 0 Å². The average Bonchev–Trinajstić information content (AvgIpc) is 2.33. The molecule has 0 bridgehead atoms. The molecular formula is C14H21Cl2NO. The summed E-state index contributed by atoms with van der Waals surface area (Å²) in [5, 5.41) is 4.56. The van der Waals surface area contributed by atoms with Crippen LogP contribution in [0.25, 0.3) is 0 Å². The Kier molecular flexibility index (Phi) is 5.93. The number of hydrogen-bond acceptors (Lipinski definition) is 2. The van der Waals surface area contributed by atoms with Gasteiger partial charge in [-0.05, 0) is 45.4 Å². The van der Waals surface area contributed by atoms with Gasteiger partial charge in [0, 0.05) is 13.2 Å². The molecule has 1 aromatic rings. The smallest absolute Gasteiger partial charge is 0.0637 e. The van der Waals surface area contributed by atoms with E-state index in [-0.39, 0.29) is 5.60 Å². The number of methoxy groups -OCH3 is 1. The summed E-state index contributed by atoms with van der Waals surface area (Å²) in [6.45, 7) is 4.16.